The molecular weight excluding hydrogens is 378 g/mol. The number of ether oxygens (including phenoxy) is 1. The van der Waals surface area contributed by atoms with E-state index in [2.05, 4.69) is 26.1 Å². The van der Waals surface area contributed by atoms with E-state index in [1.807, 2.05) is 0 Å². The van der Waals surface area contributed by atoms with Gasteiger partial charge in [0, 0.05) is 19.0 Å². The molecule has 128 valence electrons. The standard InChI is InChI=1S/C16H18BrN3O4/c17-13-4-3-12(23-13)16(21)20-7-5-11(6-8-20)22-9-14-18-15(19-24-14)10-1-2-10/h3-4,10-11H,1-2,5-9H2. The average molecular weight is 396 g/mol. The van der Waals surface area contributed by atoms with Crippen LogP contribution in [-0.4, -0.2) is 40.1 Å². The van der Waals surface area contributed by atoms with Crippen LogP contribution in [0.1, 0.15) is 53.9 Å². The fraction of sp³-hybridized carbons (Fsp3) is 0.562. The molecule has 8 heteroatoms. The van der Waals surface area contributed by atoms with Crippen LogP contribution in [0.3, 0.4) is 0 Å². The first-order valence-corrected chi connectivity index (χ1v) is 8.97. The zero-order valence-corrected chi connectivity index (χ0v) is 14.7. The maximum absolute atomic E-state index is 12.3. The van der Waals surface area contributed by atoms with Gasteiger partial charge in [0.25, 0.3) is 11.8 Å². The Morgan fingerprint density at radius 3 is 2.75 bits per heavy atom. The molecule has 2 aliphatic rings. The molecule has 2 aromatic heterocycles. The summed E-state index contributed by atoms with van der Waals surface area (Å²) < 4.78 is 17.0. The number of nitrogens with zero attached hydrogens (tertiary/aromatic N) is 3. The normalized spacial score (nSPS) is 19.0. The molecule has 1 saturated heterocycles. The van der Waals surface area contributed by atoms with Crippen LogP contribution in [-0.2, 0) is 11.3 Å². The number of amides is 1. The van der Waals surface area contributed by atoms with E-state index < -0.39 is 0 Å². The quantitative estimate of drug-likeness (QED) is 0.773. The lowest BCUT2D eigenvalue weighted by atomic mass is 10.1. The van der Waals surface area contributed by atoms with Crippen molar-refractivity contribution in [3.05, 3.63) is 34.3 Å². The first-order chi connectivity index (χ1) is 11.7. The van der Waals surface area contributed by atoms with Crippen molar-refractivity contribution < 1.29 is 18.5 Å². The third kappa shape index (κ3) is 3.54. The molecule has 7 nitrogen and oxygen atoms in total. The highest BCUT2D eigenvalue weighted by molar-refractivity contribution is 9.10. The summed E-state index contributed by atoms with van der Waals surface area (Å²) in [7, 11) is 0. The van der Waals surface area contributed by atoms with Crippen LogP contribution in [0.2, 0.25) is 0 Å². The fourth-order valence-electron chi connectivity index (χ4n) is 2.83. The summed E-state index contributed by atoms with van der Waals surface area (Å²) in [6, 6.07) is 3.41. The molecule has 0 spiro atoms. The van der Waals surface area contributed by atoms with E-state index in [4.69, 9.17) is 13.7 Å². The molecule has 0 atom stereocenters. The van der Waals surface area contributed by atoms with Crippen molar-refractivity contribution in [2.45, 2.75) is 44.3 Å². The van der Waals surface area contributed by atoms with Gasteiger partial charge in [-0.25, -0.2) is 0 Å². The summed E-state index contributed by atoms with van der Waals surface area (Å²) in [6.07, 6.45) is 3.99. The van der Waals surface area contributed by atoms with Crippen molar-refractivity contribution >= 4 is 21.8 Å². The van der Waals surface area contributed by atoms with E-state index in [-0.39, 0.29) is 12.0 Å². The SMILES string of the molecule is O=C(c1ccc(Br)o1)N1CCC(OCc2nc(C3CC3)no2)CC1. The molecule has 24 heavy (non-hydrogen) atoms. The van der Waals surface area contributed by atoms with Crippen molar-refractivity contribution in [2.75, 3.05) is 13.1 Å². The number of hydrogen-bond donors (Lipinski definition) is 0. The van der Waals surface area contributed by atoms with E-state index in [1.165, 1.54) is 0 Å². The number of rotatable bonds is 5. The molecule has 0 N–H and O–H groups in total. The first kappa shape index (κ1) is 15.8. The summed E-state index contributed by atoms with van der Waals surface area (Å²) in [5.41, 5.74) is 0. The average Bonchev–Trinajstić information content (AvgIpc) is 3.19. The van der Waals surface area contributed by atoms with Gasteiger partial charge in [0.05, 0.1) is 6.10 Å². The van der Waals surface area contributed by atoms with Gasteiger partial charge in [-0.15, -0.1) is 0 Å². The topological polar surface area (TPSA) is 81.6 Å². The van der Waals surface area contributed by atoms with Crippen molar-refractivity contribution in [3.8, 4) is 0 Å². The Balaban J connectivity index is 1.24. The monoisotopic (exact) mass is 395 g/mol. The lowest BCUT2D eigenvalue weighted by molar-refractivity contribution is -0.0103. The zero-order chi connectivity index (χ0) is 16.5. The van der Waals surface area contributed by atoms with Crippen LogP contribution in [0, 0.1) is 0 Å². The van der Waals surface area contributed by atoms with Gasteiger partial charge < -0.3 is 18.6 Å². The van der Waals surface area contributed by atoms with Crippen LogP contribution in [0.5, 0.6) is 0 Å². The molecular formula is C16H18BrN3O4. The number of halogens is 1. The lowest BCUT2D eigenvalue weighted by Crippen LogP contribution is -2.40. The fourth-order valence-corrected chi connectivity index (χ4v) is 3.14. The number of piperidine rings is 1. The van der Waals surface area contributed by atoms with E-state index in [1.54, 1.807) is 17.0 Å². The largest absolute Gasteiger partial charge is 0.444 e. The summed E-state index contributed by atoms with van der Waals surface area (Å²) >= 11 is 3.21. The molecule has 3 heterocycles. The Morgan fingerprint density at radius 1 is 1.29 bits per heavy atom. The minimum absolute atomic E-state index is 0.0786. The van der Waals surface area contributed by atoms with E-state index in [9.17, 15) is 4.79 Å². The van der Waals surface area contributed by atoms with E-state index in [0.29, 0.717) is 41.9 Å². The first-order valence-electron chi connectivity index (χ1n) is 8.18. The second kappa shape index (κ2) is 6.68. The molecule has 1 aliphatic carbocycles. The van der Waals surface area contributed by atoms with Gasteiger partial charge in [-0.05, 0) is 53.7 Å². The molecule has 0 aromatic carbocycles. The summed E-state index contributed by atoms with van der Waals surface area (Å²) in [4.78, 5) is 18.5. The van der Waals surface area contributed by atoms with Gasteiger partial charge in [-0.1, -0.05) is 5.16 Å². The number of hydrogen-bond acceptors (Lipinski definition) is 6. The number of carbonyl (C=O) groups excluding carboxylic acids is 1. The molecule has 1 saturated carbocycles. The summed E-state index contributed by atoms with van der Waals surface area (Å²) in [5, 5.41) is 3.98. The van der Waals surface area contributed by atoms with Crippen molar-refractivity contribution in [2.24, 2.45) is 0 Å². The van der Waals surface area contributed by atoms with Crippen LogP contribution >= 0.6 is 15.9 Å². The minimum atomic E-state index is -0.0786. The third-order valence-electron chi connectivity index (χ3n) is 4.38. The second-order valence-electron chi connectivity index (χ2n) is 6.23. The van der Waals surface area contributed by atoms with E-state index >= 15 is 0 Å². The molecule has 1 amide bonds. The molecule has 1 aliphatic heterocycles. The molecule has 0 bridgehead atoms. The number of likely N-dealkylation sites (tertiary alicyclic amines) is 1. The highest BCUT2D eigenvalue weighted by Crippen LogP contribution is 2.38. The predicted octanol–water partition coefficient (Wildman–Crippen LogP) is 3.12. The highest BCUT2D eigenvalue weighted by atomic mass is 79.9. The van der Waals surface area contributed by atoms with Crippen LogP contribution in [0.15, 0.2) is 25.7 Å². The smallest absolute Gasteiger partial charge is 0.289 e. The summed E-state index contributed by atoms with van der Waals surface area (Å²) in [6.45, 7) is 1.64. The lowest BCUT2D eigenvalue weighted by Gasteiger charge is -2.31. The van der Waals surface area contributed by atoms with Crippen molar-refractivity contribution in [1.29, 1.82) is 0 Å². The Bertz CT molecular complexity index is 716. The molecule has 0 unspecified atom stereocenters. The van der Waals surface area contributed by atoms with Crippen LogP contribution in [0.25, 0.3) is 0 Å². The van der Waals surface area contributed by atoms with Gasteiger partial charge in [-0.3, -0.25) is 4.79 Å². The minimum Gasteiger partial charge on any atom is -0.444 e. The van der Waals surface area contributed by atoms with Crippen molar-refractivity contribution in [1.82, 2.24) is 15.0 Å². The van der Waals surface area contributed by atoms with Crippen LogP contribution in [0.4, 0.5) is 0 Å². The van der Waals surface area contributed by atoms with Crippen LogP contribution < -0.4 is 0 Å². The maximum Gasteiger partial charge on any atom is 0.289 e. The Hall–Kier alpha value is -1.67. The van der Waals surface area contributed by atoms with Gasteiger partial charge in [0.2, 0.25) is 0 Å². The van der Waals surface area contributed by atoms with Gasteiger partial charge in [-0.2, -0.15) is 4.98 Å². The van der Waals surface area contributed by atoms with Gasteiger partial charge in [0.1, 0.15) is 6.61 Å². The number of carbonyl (C=O) groups is 1. The molecule has 2 fully saturated rings. The Morgan fingerprint density at radius 2 is 2.08 bits per heavy atom. The summed E-state index contributed by atoms with van der Waals surface area (Å²) in [5.74, 6) is 2.11. The number of aromatic nitrogens is 2. The Labute approximate surface area is 147 Å². The number of furan rings is 1. The van der Waals surface area contributed by atoms with Gasteiger partial charge >= 0.3 is 0 Å². The highest BCUT2D eigenvalue weighted by Gasteiger charge is 2.29. The predicted molar refractivity (Wildman–Crippen MR) is 86.4 cm³/mol. The molecule has 2 aromatic rings. The van der Waals surface area contributed by atoms with E-state index in [0.717, 1.165) is 31.5 Å². The zero-order valence-electron chi connectivity index (χ0n) is 13.1. The third-order valence-corrected chi connectivity index (χ3v) is 4.81. The Kier molecular flexibility index (Phi) is 4.41. The van der Waals surface area contributed by atoms with Gasteiger partial charge in [0.15, 0.2) is 16.3 Å². The molecule has 0 radical (unpaired) electrons. The molecule has 4 rings (SSSR count). The maximum atomic E-state index is 12.3. The van der Waals surface area contributed by atoms with Crippen molar-refractivity contribution in [3.63, 3.8) is 0 Å². The second-order valence-corrected chi connectivity index (χ2v) is 7.01.